The predicted molar refractivity (Wildman–Crippen MR) is 161 cm³/mol. The van der Waals surface area contributed by atoms with Gasteiger partial charge in [-0.3, -0.25) is 23.2 Å². The number of nitrogens with zero attached hydrogens (tertiary/aromatic N) is 4. The van der Waals surface area contributed by atoms with Gasteiger partial charge in [0.1, 0.15) is 17.1 Å². The number of hydrogen-bond donors (Lipinski definition) is 3. The number of halogens is 3. The molecule has 0 atom stereocenters. The second-order valence-corrected chi connectivity index (χ2v) is 10.7. The molecule has 5 rings (SSSR count). The van der Waals surface area contributed by atoms with E-state index in [0.717, 1.165) is 14.3 Å². The van der Waals surface area contributed by atoms with Gasteiger partial charge in [-0.1, -0.05) is 12.1 Å². The number of amides is 1. The summed E-state index contributed by atoms with van der Waals surface area (Å²) >= 11 is 4.05. The maximum atomic E-state index is 12.9. The van der Waals surface area contributed by atoms with Crippen LogP contribution in [-0.2, 0) is 11.3 Å². The Morgan fingerprint density at radius 2 is 1.34 bits per heavy atom. The van der Waals surface area contributed by atoms with Crippen LogP contribution in [0.1, 0.15) is 26.5 Å². The van der Waals surface area contributed by atoms with Crippen LogP contribution in [0, 0.1) is 13.0 Å². The fourth-order valence-corrected chi connectivity index (χ4v) is 4.39. The van der Waals surface area contributed by atoms with Crippen molar-refractivity contribution < 1.29 is 28.9 Å². The molecule has 12 nitrogen and oxygen atoms in total. The van der Waals surface area contributed by atoms with Gasteiger partial charge in [0.25, 0.3) is 5.91 Å². The minimum Gasteiger partial charge on any atom is -0.501 e. The molecule has 0 aliphatic carbocycles. The van der Waals surface area contributed by atoms with Crippen molar-refractivity contribution in [3.05, 3.63) is 112 Å². The van der Waals surface area contributed by atoms with E-state index in [-0.39, 0.29) is 35.0 Å². The minimum absolute atomic E-state index is 0.117. The molecular formula is C26H18FI2N5O7. The van der Waals surface area contributed by atoms with Gasteiger partial charge in [0.05, 0.1) is 7.11 Å². The molecule has 0 saturated carbocycles. The summed E-state index contributed by atoms with van der Waals surface area (Å²) in [5.41, 5.74) is -0.934. The van der Waals surface area contributed by atoms with Crippen molar-refractivity contribution in [1.82, 2.24) is 24.1 Å². The SMILES string of the molecule is COC(=O)c1nc2ccc(I)cn2c(=O)c1O.O=C(NCc1ccc(F)cc1)c1nc2ccc(I)cn2c(=O)c1O. The summed E-state index contributed by atoms with van der Waals surface area (Å²) in [7, 11) is 1.15. The minimum atomic E-state index is -0.847. The molecule has 0 saturated heterocycles. The molecule has 4 heterocycles. The molecule has 210 valence electrons. The van der Waals surface area contributed by atoms with E-state index in [1.165, 1.54) is 45.5 Å². The van der Waals surface area contributed by atoms with Crippen LogP contribution < -0.4 is 16.4 Å². The second-order valence-electron chi connectivity index (χ2n) is 8.18. The first-order chi connectivity index (χ1) is 19.5. The van der Waals surface area contributed by atoms with Crippen LogP contribution in [0.2, 0.25) is 0 Å². The fraction of sp³-hybridized carbons (Fsp3) is 0.0769. The van der Waals surface area contributed by atoms with Gasteiger partial charge in [0.2, 0.25) is 11.5 Å². The van der Waals surface area contributed by atoms with Crippen LogP contribution in [0.15, 0.2) is 70.5 Å². The van der Waals surface area contributed by atoms with Crippen LogP contribution >= 0.6 is 45.2 Å². The molecule has 0 radical (unpaired) electrons. The maximum Gasteiger partial charge on any atom is 0.360 e. The number of carbonyl (C=O) groups is 2. The van der Waals surface area contributed by atoms with E-state index in [1.807, 2.05) is 45.2 Å². The smallest absolute Gasteiger partial charge is 0.360 e. The molecule has 0 spiro atoms. The highest BCUT2D eigenvalue weighted by molar-refractivity contribution is 14.1. The van der Waals surface area contributed by atoms with E-state index >= 15 is 0 Å². The number of rotatable bonds is 4. The summed E-state index contributed by atoms with van der Waals surface area (Å²) < 4.78 is 21.2. The number of ether oxygens (including phenoxy) is 1. The summed E-state index contributed by atoms with van der Waals surface area (Å²) in [5, 5.41) is 22.1. The van der Waals surface area contributed by atoms with Gasteiger partial charge in [-0.2, -0.15) is 0 Å². The van der Waals surface area contributed by atoms with Crippen molar-refractivity contribution in [3.63, 3.8) is 0 Å². The van der Waals surface area contributed by atoms with Crippen LogP contribution in [0.3, 0.4) is 0 Å². The van der Waals surface area contributed by atoms with E-state index in [4.69, 9.17) is 0 Å². The number of fused-ring (bicyclic) bond motifs is 2. The third-order valence-corrected chi connectivity index (χ3v) is 6.76. The van der Waals surface area contributed by atoms with Gasteiger partial charge in [-0.25, -0.2) is 19.2 Å². The molecule has 0 aliphatic rings. The Morgan fingerprint density at radius 3 is 1.85 bits per heavy atom. The van der Waals surface area contributed by atoms with Crippen molar-refractivity contribution in [2.24, 2.45) is 0 Å². The predicted octanol–water partition coefficient (Wildman–Crippen LogP) is 2.87. The molecule has 4 aromatic heterocycles. The lowest BCUT2D eigenvalue weighted by atomic mass is 10.2. The van der Waals surface area contributed by atoms with Gasteiger partial charge in [0, 0.05) is 26.1 Å². The Bertz CT molecular complexity index is 1930. The van der Waals surface area contributed by atoms with E-state index in [9.17, 15) is 33.8 Å². The van der Waals surface area contributed by atoms with Gasteiger partial charge < -0.3 is 20.3 Å². The summed E-state index contributed by atoms with van der Waals surface area (Å²) in [6, 6.07) is 12.2. The molecule has 15 heteroatoms. The number of hydrogen-bond acceptors (Lipinski definition) is 9. The van der Waals surface area contributed by atoms with Crippen molar-refractivity contribution in [2.45, 2.75) is 6.54 Å². The van der Waals surface area contributed by atoms with E-state index in [1.54, 1.807) is 24.3 Å². The van der Waals surface area contributed by atoms with Crippen molar-refractivity contribution in [2.75, 3.05) is 7.11 Å². The molecule has 3 N–H and O–H groups in total. The van der Waals surface area contributed by atoms with E-state index < -0.39 is 34.5 Å². The van der Waals surface area contributed by atoms with Crippen molar-refractivity contribution >= 4 is 68.4 Å². The zero-order chi connectivity index (χ0) is 29.8. The number of pyridine rings is 2. The molecule has 5 aromatic rings. The molecule has 0 aliphatic heterocycles. The number of nitrogens with one attached hydrogen (secondary N) is 1. The molecule has 0 fully saturated rings. The molecule has 1 amide bonds. The van der Waals surface area contributed by atoms with Crippen LogP contribution in [0.25, 0.3) is 11.3 Å². The van der Waals surface area contributed by atoms with Crippen molar-refractivity contribution in [3.8, 4) is 11.5 Å². The number of methoxy groups -OCH3 is 1. The molecule has 0 unspecified atom stereocenters. The second kappa shape index (κ2) is 12.6. The number of benzene rings is 1. The van der Waals surface area contributed by atoms with E-state index in [0.29, 0.717) is 5.56 Å². The molecular weight excluding hydrogens is 767 g/mol. The first kappa shape index (κ1) is 29.8. The average Bonchev–Trinajstić information content (AvgIpc) is 2.96. The zero-order valence-electron chi connectivity index (χ0n) is 20.8. The molecule has 41 heavy (non-hydrogen) atoms. The number of aromatic hydroxyl groups is 2. The zero-order valence-corrected chi connectivity index (χ0v) is 25.2. The first-order valence-electron chi connectivity index (χ1n) is 11.4. The monoisotopic (exact) mass is 785 g/mol. The molecule has 0 bridgehead atoms. The fourth-order valence-electron chi connectivity index (χ4n) is 3.47. The normalized spacial score (nSPS) is 10.6. The standard InChI is InChI=1S/C16H11FIN3O3.C10H7IN2O4/c17-10-3-1-9(2-4-10)7-19-15(23)13-14(22)16(24)21-8-11(18)5-6-12(21)20-13;1-17-10(16)7-8(14)9(15)13-4-5(11)2-3-6(13)12-7/h1-6,8,22H,7H2,(H,19,23);2-4,14H,1H3. The lowest BCUT2D eigenvalue weighted by molar-refractivity contribution is 0.0590. The Morgan fingerprint density at radius 1 is 0.854 bits per heavy atom. The highest BCUT2D eigenvalue weighted by Gasteiger charge is 2.20. The number of carbonyl (C=O) groups excluding carboxylic acids is 2. The number of esters is 1. The van der Waals surface area contributed by atoms with Crippen LogP contribution in [0.4, 0.5) is 4.39 Å². The average molecular weight is 785 g/mol. The third kappa shape index (κ3) is 6.62. The Labute approximate surface area is 256 Å². The first-order valence-corrected chi connectivity index (χ1v) is 13.6. The lowest BCUT2D eigenvalue weighted by Crippen LogP contribution is -2.27. The van der Waals surface area contributed by atoms with Crippen LogP contribution in [0.5, 0.6) is 11.5 Å². The number of aromatic nitrogens is 4. The third-order valence-electron chi connectivity index (χ3n) is 5.49. The highest BCUT2D eigenvalue weighted by Crippen LogP contribution is 2.14. The Hall–Kier alpha value is -4.13. The summed E-state index contributed by atoms with van der Waals surface area (Å²) in [6.07, 6.45) is 3.04. The maximum absolute atomic E-state index is 12.9. The Kier molecular flexibility index (Phi) is 9.16. The topological polar surface area (TPSA) is 165 Å². The summed E-state index contributed by atoms with van der Waals surface area (Å²) in [4.78, 5) is 55.4. The summed E-state index contributed by atoms with van der Waals surface area (Å²) in [6.45, 7) is 0.117. The highest BCUT2D eigenvalue weighted by atomic mass is 127. The van der Waals surface area contributed by atoms with Gasteiger partial charge in [-0.15, -0.1) is 0 Å². The van der Waals surface area contributed by atoms with Crippen molar-refractivity contribution in [1.29, 1.82) is 0 Å². The van der Waals surface area contributed by atoms with Crippen LogP contribution in [-0.4, -0.2) is 48.0 Å². The van der Waals surface area contributed by atoms with E-state index in [2.05, 4.69) is 20.0 Å². The molecule has 1 aromatic carbocycles. The quantitative estimate of drug-likeness (QED) is 0.184. The Balaban J connectivity index is 0.000000201. The summed E-state index contributed by atoms with van der Waals surface area (Å²) in [5.74, 6) is -3.33. The van der Waals surface area contributed by atoms with Gasteiger partial charge in [0.15, 0.2) is 11.4 Å². The lowest BCUT2D eigenvalue weighted by Gasteiger charge is -2.08. The van der Waals surface area contributed by atoms with Gasteiger partial charge in [-0.05, 0) is 87.1 Å². The largest absolute Gasteiger partial charge is 0.501 e. The van der Waals surface area contributed by atoms with Gasteiger partial charge >= 0.3 is 17.1 Å².